The summed E-state index contributed by atoms with van der Waals surface area (Å²) in [5.74, 6) is 0.123. The molecular weight excluding hydrogens is 142 g/mol. The summed E-state index contributed by atoms with van der Waals surface area (Å²) in [6.07, 6.45) is 4.61. The monoisotopic (exact) mass is 155 g/mol. The minimum Gasteiger partial charge on any atom is -0.461 e. The minimum atomic E-state index is -0.333. The number of carbonyl (C=O) groups excluding carboxylic acids is 1. The predicted molar refractivity (Wildman–Crippen MR) is 39.8 cm³/mol. The van der Waals surface area contributed by atoms with Gasteiger partial charge in [0.2, 0.25) is 0 Å². The quantitative estimate of drug-likeness (QED) is 0.516. The molecule has 1 saturated heterocycles. The normalized spacial score (nSPS) is 43.4. The second-order valence-corrected chi connectivity index (χ2v) is 3.45. The molecule has 2 N–H and O–H groups in total. The molecule has 3 heteroatoms. The average molecular weight is 155 g/mol. The van der Waals surface area contributed by atoms with Crippen molar-refractivity contribution in [2.45, 2.75) is 37.8 Å². The first-order chi connectivity index (χ1) is 5.29. The van der Waals surface area contributed by atoms with Gasteiger partial charge in [-0.1, -0.05) is 6.42 Å². The molecule has 0 aromatic heterocycles. The van der Waals surface area contributed by atoms with Gasteiger partial charge in [0.25, 0.3) is 0 Å². The van der Waals surface area contributed by atoms with Gasteiger partial charge in [0, 0.05) is 5.92 Å². The third-order valence-corrected chi connectivity index (χ3v) is 2.75. The van der Waals surface area contributed by atoms with Gasteiger partial charge in [0.15, 0.2) is 0 Å². The van der Waals surface area contributed by atoms with Gasteiger partial charge in [0.05, 0.1) is 0 Å². The van der Waals surface area contributed by atoms with Gasteiger partial charge in [-0.25, -0.2) is 0 Å². The Balaban J connectivity index is 2.11. The lowest BCUT2D eigenvalue weighted by atomic mass is 9.84. The molecule has 2 fully saturated rings. The average Bonchev–Trinajstić information content (AvgIpc) is 2.30. The summed E-state index contributed by atoms with van der Waals surface area (Å²) in [7, 11) is 0. The fraction of sp³-hybridized carbons (Fsp3) is 0.875. The number of rotatable bonds is 0. The van der Waals surface area contributed by atoms with E-state index in [1.807, 2.05) is 0 Å². The highest BCUT2D eigenvalue weighted by molar-refractivity contribution is 5.78. The number of esters is 1. The van der Waals surface area contributed by atoms with Gasteiger partial charge in [-0.15, -0.1) is 0 Å². The highest BCUT2D eigenvalue weighted by atomic mass is 16.6. The molecule has 1 heterocycles. The second-order valence-electron chi connectivity index (χ2n) is 3.45. The Bertz CT molecular complexity index is 181. The molecule has 2 rings (SSSR count). The Morgan fingerprint density at radius 1 is 1.36 bits per heavy atom. The van der Waals surface area contributed by atoms with Gasteiger partial charge >= 0.3 is 5.97 Å². The van der Waals surface area contributed by atoms with E-state index in [2.05, 4.69) is 0 Å². The molecular formula is C8H13NO2. The summed E-state index contributed by atoms with van der Waals surface area (Å²) >= 11 is 0. The van der Waals surface area contributed by atoms with Crippen LogP contribution >= 0.6 is 0 Å². The fourth-order valence-corrected chi connectivity index (χ4v) is 2.09. The molecule has 2 aliphatic rings. The Hall–Kier alpha value is -0.570. The zero-order valence-electron chi connectivity index (χ0n) is 6.45. The van der Waals surface area contributed by atoms with Crippen LogP contribution in [0.5, 0.6) is 0 Å². The molecule has 3 atom stereocenters. The van der Waals surface area contributed by atoms with Crippen molar-refractivity contribution in [2.75, 3.05) is 0 Å². The van der Waals surface area contributed by atoms with Crippen molar-refractivity contribution in [3.05, 3.63) is 0 Å². The van der Waals surface area contributed by atoms with Crippen molar-refractivity contribution >= 4 is 5.97 Å². The molecule has 0 amide bonds. The van der Waals surface area contributed by atoms with E-state index in [-0.39, 0.29) is 18.1 Å². The number of carbonyl (C=O) groups is 1. The molecule has 3 nitrogen and oxygen atoms in total. The molecule has 0 bridgehead atoms. The number of fused-ring (bicyclic) bond motifs is 1. The smallest absolute Gasteiger partial charge is 0.323 e. The Kier molecular flexibility index (Phi) is 1.60. The number of hydrogen-bond acceptors (Lipinski definition) is 3. The SMILES string of the molecule is NC1C(=O)OC2CCCCC21. The van der Waals surface area contributed by atoms with E-state index in [9.17, 15) is 4.79 Å². The van der Waals surface area contributed by atoms with Crippen molar-refractivity contribution in [1.29, 1.82) is 0 Å². The van der Waals surface area contributed by atoms with Crippen molar-refractivity contribution in [2.24, 2.45) is 11.7 Å². The van der Waals surface area contributed by atoms with Crippen LogP contribution in [-0.2, 0) is 9.53 Å². The van der Waals surface area contributed by atoms with Crippen molar-refractivity contribution in [3.8, 4) is 0 Å². The molecule has 0 aromatic rings. The predicted octanol–water partition coefficient (Wildman–Crippen LogP) is 0.429. The maximum Gasteiger partial charge on any atom is 0.323 e. The van der Waals surface area contributed by atoms with Gasteiger partial charge in [0.1, 0.15) is 12.1 Å². The molecule has 1 aliphatic carbocycles. The lowest BCUT2D eigenvalue weighted by molar-refractivity contribution is -0.142. The first-order valence-corrected chi connectivity index (χ1v) is 4.25. The van der Waals surface area contributed by atoms with E-state index >= 15 is 0 Å². The molecule has 1 saturated carbocycles. The van der Waals surface area contributed by atoms with E-state index < -0.39 is 0 Å². The van der Waals surface area contributed by atoms with Gasteiger partial charge in [-0.05, 0) is 19.3 Å². The van der Waals surface area contributed by atoms with Crippen LogP contribution in [-0.4, -0.2) is 18.1 Å². The number of hydrogen-bond donors (Lipinski definition) is 1. The highest BCUT2D eigenvalue weighted by Gasteiger charge is 2.43. The van der Waals surface area contributed by atoms with Crippen molar-refractivity contribution in [3.63, 3.8) is 0 Å². The van der Waals surface area contributed by atoms with Crippen LogP contribution in [0.4, 0.5) is 0 Å². The van der Waals surface area contributed by atoms with Crippen molar-refractivity contribution in [1.82, 2.24) is 0 Å². The largest absolute Gasteiger partial charge is 0.461 e. The second kappa shape index (κ2) is 2.48. The third kappa shape index (κ3) is 1.03. The Morgan fingerprint density at radius 3 is 2.82 bits per heavy atom. The van der Waals surface area contributed by atoms with Crippen LogP contribution in [0.2, 0.25) is 0 Å². The number of ether oxygens (including phenoxy) is 1. The minimum absolute atomic E-state index is 0.145. The van der Waals surface area contributed by atoms with Crippen LogP contribution < -0.4 is 5.73 Å². The zero-order valence-corrected chi connectivity index (χ0v) is 6.45. The van der Waals surface area contributed by atoms with E-state index in [1.54, 1.807) is 0 Å². The highest BCUT2D eigenvalue weighted by Crippen LogP contribution is 2.33. The van der Waals surface area contributed by atoms with Crippen LogP contribution in [0.3, 0.4) is 0 Å². The van der Waals surface area contributed by atoms with Gasteiger partial charge < -0.3 is 10.5 Å². The van der Waals surface area contributed by atoms with Gasteiger partial charge in [-0.2, -0.15) is 0 Å². The summed E-state index contributed by atoms with van der Waals surface area (Å²) in [6, 6.07) is -0.333. The Morgan fingerprint density at radius 2 is 2.09 bits per heavy atom. The summed E-state index contributed by atoms with van der Waals surface area (Å²) in [5.41, 5.74) is 5.66. The lowest BCUT2D eigenvalue weighted by Crippen LogP contribution is -2.35. The lowest BCUT2D eigenvalue weighted by Gasteiger charge is -2.23. The molecule has 1 aliphatic heterocycles. The van der Waals surface area contributed by atoms with Crippen LogP contribution in [0.25, 0.3) is 0 Å². The molecule has 62 valence electrons. The number of nitrogens with two attached hydrogens (primary N) is 1. The van der Waals surface area contributed by atoms with Crippen LogP contribution in [0.15, 0.2) is 0 Å². The van der Waals surface area contributed by atoms with Gasteiger partial charge in [-0.3, -0.25) is 4.79 Å². The van der Waals surface area contributed by atoms with E-state index in [0.717, 1.165) is 12.8 Å². The summed E-state index contributed by atoms with van der Waals surface area (Å²) < 4.78 is 5.11. The summed E-state index contributed by atoms with van der Waals surface area (Å²) in [6.45, 7) is 0. The topological polar surface area (TPSA) is 52.3 Å². The fourth-order valence-electron chi connectivity index (χ4n) is 2.09. The molecule has 0 spiro atoms. The van der Waals surface area contributed by atoms with Crippen LogP contribution in [0, 0.1) is 5.92 Å². The summed E-state index contributed by atoms with van der Waals surface area (Å²) in [4.78, 5) is 11.0. The third-order valence-electron chi connectivity index (χ3n) is 2.75. The molecule has 3 unspecified atom stereocenters. The standard InChI is InChI=1S/C8H13NO2/c9-7-5-3-1-2-4-6(5)11-8(7)10/h5-7H,1-4,9H2. The molecule has 0 aromatic carbocycles. The zero-order chi connectivity index (χ0) is 7.84. The van der Waals surface area contributed by atoms with Crippen LogP contribution in [0.1, 0.15) is 25.7 Å². The van der Waals surface area contributed by atoms with E-state index in [0.29, 0.717) is 5.92 Å². The first kappa shape index (κ1) is 7.10. The van der Waals surface area contributed by atoms with E-state index in [1.165, 1.54) is 12.8 Å². The molecule has 11 heavy (non-hydrogen) atoms. The maximum atomic E-state index is 11.0. The first-order valence-electron chi connectivity index (χ1n) is 4.25. The summed E-state index contributed by atoms with van der Waals surface area (Å²) in [5, 5.41) is 0. The Labute approximate surface area is 65.9 Å². The maximum absolute atomic E-state index is 11.0. The van der Waals surface area contributed by atoms with E-state index in [4.69, 9.17) is 10.5 Å². The molecule has 0 radical (unpaired) electrons. The van der Waals surface area contributed by atoms with Crippen molar-refractivity contribution < 1.29 is 9.53 Å².